The van der Waals surface area contributed by atoms with Gasteiger partial charge in [-0.2, -0.15) is 13.2 Å². The fourth-order valence-corrected chi connectivity index (χ4v) is 2.41. The van der Waals surface area contributed by atoms with Gasteiger partial charge in [0.15, 0.2) is 0 Å². The van der Waals surface area contributed by atoms with E-state index < -0.39 is 18.5 Å². The molecule has 1 atom stereocenters. The maximum atomic E-state index is 12.1. The van der Waals surface area contributed by atoms with Crippen LogP contribution in [0, 0.1) is 0 Å². The Bertz CT molecular complexity index is 491. The topological polar surface area (TPSA) is 55.1 Å². The van der Waals surface area contributed by atoms with E-state index in [0.29, 0.717) is 12.1 Å². The van der Waals surface area contributed by atoms with Gasteiger partial charge in [0, 0.05) is 5.69 Å². The zero-order valence-electron chi connectivity index (χ0n) is 10.7. The summed E-state index contributed by atoms with van der Waals surface area (Å²) in [6.07, 6.45) is -3.59. The van der Waals surface area contributed by atoms with Crippen LogP contribution in [0.1, 0.15) is 36.4 Å². The van der Waals surface area contributed by atoms with Gasteiger partial charge in [0.1, 0.15) is 6.42 Å². The molecule has 1 amide bonds. The highest BCUT2D eigenvalue weighted by Crippen LogP contribution is 2.31. The van der Waals surface area contributed by atoms with Gasteiger partial charge in [0.25, 0.3) is 0 Å². The van der Waals surface area contributed by atoms with E-state index in [4.69, 9.17) is 5.73 Å². The molecule has 0 heterocycles. The van der Waals surface area contributed by atoms with Gasteiger partial charge < -0.3 is 11.1 Å². The fourth-order valence-electron chi connectivity index (χ4n) is 2.41. The average molecular weight is 309 g/mol. The molecule has 0 bridgehead atoms. The minimum Gasteiger partial charge on any atom is -0.399 e. The summed E-state index contributed by atoms with van der Waals surface area (Å²) in [7, 11) is 0. The molecule has 7 heteroatoms. The van der Waals surface area contributed by atoms with Crippen LogP contribution in [-0.2, 0) is 11.2 Å². The Hall–Kier alpha value is -1.43. The molecule has 1 aromatic carbocycles. The standard InChI is InChI=1S/C13H15F3N2O.ClH/c14-13(15,16)7-12(19)18-11-3-1-2-8-6-9(17)4-5-10(8)11;/h4-6,11H,1-3,7,17H2,(H,18,19);1H. The SMILES string of the molecule is Cl.Nc1ccc2c(c1)CCCC2NC(=O)CC(F)(F)F. The largest absolute Gasteiger partial charge is 0.399 e. The molecule has 1 unspecified atom stereocenters. The lowest BCUT2D eigenvalue weighted by molar-refractivity contribution is -0.154. The van der Waals surface area contributed by atoms with E-state index in [0.717, 1.165) is 24.0 Å². The van der Waals surface area contributed by atoms with Crippen LogP contribution in [0.3, 0.4) is 0 Å². The van der Waals surface area contributed by atoms with Crippen LogP contribution in [0.4, 0.5) is 18.9 Å². The second-order valence-electron chi connectivity index (χ2n) is 4.76. The van der Waals surface area contributed by atoms with Gasteiger partial charge in [-0.3, -0.25) is 4.79 Å². The van der Waals surface area contributed by atoms with Crippen molar-refractivity contribution in [1.82, 2.24) is 5.32 Å². The van der Waals surface area contributed by atoms with Crippen LogP contribution in [0.5, 0.6) is 0 Å². The molecule has 0 aliphatic heterocycles. The van der Waals surface area contributed by atoms with E-state index in [1.54, 1.807) is 12.1 Å². The van der Waals surface area contributed by atoms with Crippen molar-refractivity contribution < 1.29 is 18.0 Å². The van der Waals surface area contributed by atoms with E-state index in [-0.39, 0.29) is 18.4 Å². The Morgan fingerprint density at radius 3 is 2.75 bits per heavy atom. The number of nitrogen functional groups attached to an aromatic ring is 1. The number of benzene rings is 1. The number of carbonyl (C=O) groups is 1. The second-order valence-corrected chi connectivity index (χ2v) is 4.76. The molecule has 3 N–H and O–H groups in total. The summed E-state index contributed by atoms with van der Waals surface area (Å²) < 4.78 is 36.4. The molecule has 2 rings (SSSR count). The molecule has 1 aliphatic carbocycles. The monoisotopic (exact) mass is 308 g/mol. The lowest BCUT2D eigenvalue weighted by Crippen LogP contribution is -2.33. The highest BCUT2D eigenvalue weighted by molar-refractivity contribution is 5.85. The molecular weight excluding hydrogens is 293 g/mol. The number of halogens is 4. The predicted octanol–water partition coefficient (Wildman–Crippen LogP) is 3.14. The molecule has 0 aromatic heterocycles. The summed E-state index contributed by atoms with van der Waals surface area (Å²) in [5.41, 5.74) is 8.18. The molecule has 1 aromatic rings. The molecular formula is C13H16ClF3N2O. The first-order chi connectivity index (χ1) is 8.85. The van der Waals surface area contributed by atoms with Crippen LogP contribution in [-0.4, -0.2) is 12.1 Å². The third-order valence-corrected chi connectivity index (χ3v) is 3.18. The number of hydrogen-bond donors (Lipinski definition) is 2. The van der Waals surface area contributed by atoms with Crippen molar-refractivity contribution in [2.75, 3.05) is 5.73 Å². The van der Waals surface area contributed by atoms with Crippen LogP contribution in [0.25, 0.3) is 0 Å². The van der Waals surface area contributed by atoms with Gasteiger partial charge in [-0.15, -0.1) is 12.4 Å². The van der Waals surface area contributed by atoms with Gasteiger partial charge in [0.2, 0.25) is 5.91 Å². The lowest BCUT2D eigenvalue weighted by atomic mass is 9.87. The highest BCUT2D eigenvalue weighted by atomic mass is 35.5. The highest BCUT2D eigenvalue weighted by Gasteiger charge is 2.32. The molecule has 0 radical (unpaired) electrons. The fraction of sp³-hybridized carbons (Fsp3) is 0.462. The van der Waals surface area contributed by atoms with E-state index >= 15 is 0 Å². The first kappa shape index (κ1) is 16.6. The van der Waals surface area contributed by atoms with Crippen molar-refractivity contribution in [2.24, 2.45) is 0 Å². The van der Waals surface area contributed by atoms with Crippen molar-refractivity contribution in [3.05, 3.63) is 29.3 Å². The number of aryl methyl sites for hydroxylation is 1. The average Bonchev–Trinajstić information content (AvgIpc) is 2.26. The molecule has 0 saturated heterocycles. The molecule has 0 spiro atoms. The predicted molar refractivity (Wildman–Crippen MR) is 72.6 cm³/mol. The summed E-state index contributed by atoms with van der Waals surface area (Å²) in [4.78, 5) is 11.3. The maximum absolute atomic E-state index is 12.1. The zero-order valence-corrected chi connectivity index (χ0v) is 11.5. The van der Waals surface area contributed by atoms with Crippen molar-refractivity contribution >= 4 is 24.0 Å². The van der Waals surface area contributed by atoms with Crippen LogP contribution in [0.15, 0.2) is 18.2 Å². The first-order valence-corrected chi connectivity index (χ1v) is 6.09. The minimum atomic E-state index is -4.47. The Kier molecular flexibility index (Phi) is 5.28. The number of hydrogen-bond acceptors (Lipinski definition) is 2. The van der Waals surface area contributed by atoms with Gasteiger partial charge in [-0.25, -0.2) is 0 Å². The zero-order chi connectivity index (χ0) is 14.0. The van der Waals surface area contributed by atoms with Crippen LogP contribution >= 0.6 is 12.4 Å². The van der Waals surface area contributed by atoms with Gasteiger partial charge in [-0.1, -0.05) is 6.07 Å². The number of amides is 1. The van der Waals surface area contributed by atoms with Gasteiger partial charge >= 0.3 is 6.18 Å². The quantitative estimate of drug-likeness (QED) is 0.825. The summed E-state index contributed by atoms with van der Waals surface area (Å²) in [6.45, 7) is 0. The van der Waals surface area contributed by atoms with E-state index in [9.17, 15) is 18.0 Å². The normalized spacial score (nSPS) is 17.9. The number of nitrogens with one attached hydrogen (secondary N) is 1. The van der Waals surface area contributed by atoms with Gasteiger partial charge in [0.05, 0.1) is 6.04 Å². The summed E-state index contributed by atoms with van der Waals surface area (Å²) in [5, 5.41) is 2.45. The van der Waals surface area contributed by atoms with Crippen molar-refractivity contribution in [2.45, 2.75) is 37.9 Å². The van der Waals surface area contributed by atoms with E-state index in [2.05, 4.69) is 5.32 Å². The van der Waals surface area contributed by atoms with E-state index in [1.807, 2.05) is 6.07 Å². The number of carbonyl (C=O) groups excluding carboxylic acids is 1. The Morgan fingerprint density at radius 1 is 1.40 bits per heavy atom. The summed E-state index contributed by atoms with van der Waals surface area (Å²) in [6, 6.07) is 4.95. The summed E-state index contributed by atoms with van der Waals surface area (Å²) >= 11 is 0. The van der Waals surface area contributed by atoms with Crippen LogP contribution in [0.2, 0.25) is 0 Å². The Balaban J connectivity index is 0.00000200. The Labute approximate surface area is 121 Å². The Morgan fingerprint density at radius 2 is 2.10 bits per heavy atom. The van der Waals surface area contributed by atoms with Crippen molar-refractivity contribution in [3.63, 3.8) is 0 Å². The minimum absolute atomic E-state index is 0. The molecule has 20 heavy (non-hydrogen) atoms. The third kappa shape index (κ3) is 4.30. The number of fused-ring (bicyclic) bond motifs is 1. The molecule has 112 valence electrons. The maximum Gasteiger partial charge on any atom is 0.397 e. The number of rotatable bonds is 2. The first-order valence-electron chi connectivity index (χ1n) is 6.09. The molecule has 0 saturated carbocycles. The smallest absolute Gasteiger partial charge is 0.397 e. The molecule has 0 fully saturated rings. The van der Waals surface area contributed by atoms with Crippen LogP contribution < -0.4 is 11.1 Å². The molecule has 3 nitrogen and oxygen atoms in total. The number of nitrogens with two attached hydrogens (primary N) is 1. The van der Waals surface area contributed by atoms with Crippen molar-refractivity contribution in [3.8, 4) is 0 Å². The summed E-state index contributed by atoms with van der Waals surface area (Å²) in [5.74, 6) is -0.984. The van der Waals surface area contributed by atoms with Gasteiger partial charge in [-0.05, 0) is 42.5 Å². The lowest BCUT2D eigenvalue weighted by Gasteiger charge is -2.26. The number of alkyl halides is 3. The molecule has 1 aliphatic rings. The number of anilines is 1. The van der Waals surface area contributed by atoms with E-state index in [1.165, 1.54) is 0 Å². The second kappa shape index (κ2) is 6.35. The van der Waals surface area contributed by atoms with Crippen molar-refractivity contribution in [1.29, 1.82) is 0 Å². The third-order valence-electron chi connectivity index (χ3n) is 3.18.